The molecule has 0 aliphatic carbocycles. The molecule has 0 aromatic heterocycles. The van der Waals surface area contributed by atoms with Crippen molar-refractivity contribution in [2.75, 3.05) is 27.3 Å². The van der Waals surface area contributed by atoms with Gasteiger partial charge in [0.1, 0.15) is 16.7 Å². The SMILES string of the molecule is COCC(C)Oc1ccc(Cl)cc1S(=O)(=O)N(C)CCC(N)C(C)C. The van der Waals surface area contributed by atoms with E-state index >= 15 is 0 Å². The monoisotopic (exact) mass is 392 g/mol. The topological polar surface area (TPSA) is 81.9 Å². The van der Waals surface area contributed by atoms with Crippen molar-refractivity contribution < 1.29 is 17.9 Å². The zero-order valence-electron chi connectivity index (χ0n) is 15.5. The van der Waals surface area contributed by atoms with Gasteiger partial charge in [-0.2, -0.15) is 0 Å². The Morgan fingerprint density at radius 3 is 2.48 bits per heavy atom. The van der Waals surface area contributed by atoms with E-state index in [0.717, 1.165) is 0 Å². The van der Waals surface area contributed by atoms with E-state index in [9.17, 15) is 8.42 Å². The number of rotatable bonds is 10. The standard InChI is InChI=1S/C17H29ClN2O4S/c1-12(2)15(19)8-9-20(4)25(21,22)17-10-14(18)6-7-16(17)24-13(3)11-23-5/h6-7,10,12-13,15H,8-9,11,19H2,1-5H3. The number of hydrogen-bond donors (Lipinski definition) is 1. The highest BCUT2D eigenvalue weighted by Gasteiger charge is 2.26. The summed E-state index contributed by atoms with van der Waals surface area (Å²) in [5.41, 5.74) is 6.02. The number of sulfonamides is 1. The molecule has 8 heteroatoms. The smallest absolute Gasteiger partial charge is 0.246 e. The summed E-state index contributed by atoms with van der Waals surface area (Å²) in [6.07, 6.45) is 0.282. The molecule has 1 rings (SSSR count). The molecule has 2 N–H and O–H groups in total. The number of ether oxygens (including phenoxy) is 2. The van der Waals surface area contributed by atoms with Crippen molar-refractivity contribution in [3.05, 3.63) is 23.2 Å². The minimum atomic E-state index is -3.75. The van der Waals surface area contributed by atoms with Crippen LogP contribution in [0.3, 0.4) is 0 Å². The lowest BCUT2D eigenvalue weighted by atomic mass is 10.0. The molecule has 0 amide bonds. The van der Waals surface area contributed by atoms with Crippen molar-refractivity contribution in [3.8, 4) is 5.75 Å². The van der Waals surface area contributed by atoms with E-state index in [1.54, 1.807) is 26.2 Å². The Balaban J connectivity index is 3.04. The minimum absolute atomic E-state index is 0.0450. The lowest BCUT2D eigenvalue weighted by Crippen LogP contribution is -2.35. The summed E-state index contributed by atoms with van der Waals surface area (Å²) in [5.74, 6) is 0.546. The third-order valence-electron chi connectivity index (χ3n) is 3.96. The predicted molar refractivity (Wildman–Crippen MR) is 101 cm³/mol. The summed E-state index contributed by atoms with van der Waals surface area (Å²) in [5, 5.41) is 0.331. The lowest BCUT2D eigenvalue weighted by Gasteiger charge is -2.23. The Labute approximate surface area is 156 Å². The summed E-state index contributed by atoms with van der Waals surface area (Å²) in [4.78, 5) is 0.0450. The molecule has 144 valence electrons. The average Bonchev–Trinajstić information content (AvgIpc) is 2.53. The maximum Gasteiger partial charge on any atom is 0.246 e. The third kappa shape index (κ3) is 6.42. The van der Waals surface area contributed by atoms with Crippen LogP contribution in [0.1, 0.15) is 27.2 Å². The first kappa shape index (κ1) is 22.2. The zero-order chi connectivity index (χ0) is 19.2. The van der Waals surface area contributed by atoms with Gasteiger partial charge in [0.2, 0.25) is 10.0 Å². The van der Waals surface area contributed by atoms with Crippen molar-refractivity contribution in [1.82, 2.24) is 4.31 Å². The van der Waals surface area contributed by atoms with Gasteiger partial charge in [0.25, 0.3) is 0 Å². The lowest BCUT2D eigenvalue weighted by molar-refractivity contribution is 0.0900. The van der Waals surface area contributed by atoms with Crippen LogP contribution in [0.4, 0.5) is 0 Å². The number of halogens is 1. The van der Waals surface area contributed by atoms with E-state index in [0.29, 0.717) is 24.6 Å². The Morgan fingerprint density at radius 2 is 1.92 bits per heavy atom. The van der Waals surface area contributed by atoms with Crippen LogP contribution >= 0.6 is 11.6 Å². The molecule has 6 nitrogen and oxygen atoms in total. The first-order valence-corrected chi connectivity index (χ1v) is 10.1. The first-order valence-electron chi connectivity index (χ1n) is 8.26. The van der Waals surface area contributed by atoms with E-state index in [4.69, 9.17) is 26.8 Å². The molecule has 0 aliphatic heterocycles. The Bertz CT molecular complexity index is 652. The molecule has 0 aliphatic rings. The van der Waals surface area contributed by atoms with Gasteiger partial charge >= 0.3 is 0 Å². The average molecular weight is 393 g/mol. The Morgan fingerprint density at radius 1 is 1.28 bits per heavy atom. The second-order valence-corrected chi connectivity index (χ2v) is 8.95. The molecule has 1 aromatic rings. The molecular formula is C17H29ClN2O4S. The summed E-state index contributed by atoms with van der Waals surface area (Å²) < 4.78 is 37.9. The second kappa shape index (κ2) is 9.73. The summed E-state index contributed by atoms with van der Waals surface area (Å²) >= 11 is 6.01. The van der Waals surface area contributed by atoms with E-state index in [2.05, 4.69) is 0 Å². The van der Waals surface area contributed by atoms with Gasteiger partial charge in [-0.1, -0.05) is 25.4 Å². The maximum atomic E-state index is 12.9. The third-order valence-corrected chi connectivity index (χ3v) is 6.07. The fourth-order valence-corrected chi connectivity index (χ4v) is 3.78. The van der Waals surface area contributed by atoms with Crippen molar-refractivity contribution >= 4 is 21.6 Å². The molecule has 1 aromatic carbocycles. The van der Waals surface area contributed by atoms with Gasteiger partial charge in [-0.3, -0.25) is 0 Å². The van der Waals surface area contributed by atoms with Crippen molar-refractivity contribution in [1.29, 1.82) is 0 Å². The number of hydrogen-bond acceptors (Lipinski definition) is 5. The summed E-state index contributed by atoms with van der Waals surface area (Å²) in [7, 11) is -0.653. The predicted octanol–water partition coefficient (Wildman–Crippen LogP) is 2.75. The van der Waals surface area contributed by atoms with Crippen molar-refractivity contribution in [2.45, 2.75) is 44.2 Å². The number of methoxy groups -OCH3 is 1. The van der Waals surface area contributed by atoms with Crippen LogP contribution in [0.2, 0.25) is 5.02 Å². The van der Waals surface area contributed by atoms with Crippen LogP contribution in [0, 0.1) is 5.92 Å². The highest BCUT2D eigenvalue weighted by atomic mass is 35.5. The van der Waals surface area contributed by atoms with E-state index < -0.39 is 10.0 Å². The van der Waals surface area contributed by atoms with Crippen LogP contribution < -0.4 is 10.5 Å². The van der Waals surface area contributed by atoms with Gasteiger partial charge in [-0.15, -0.1) is 0 Å². The van der Waals surface area contributed by atoms with E-state index in [1.807, 2.05) is 13.8 Å². The largest absolute Gasteiger partial charge is 0.487 e. The zero-order valence-corrected chi connectivity index (χ0v) is 17.1. The quantitative estimate of drug-likeness (QED) is 0.662. The van der Waals surface area contributed by atoms with Crippen molar-refractivity contribution in [2.24, 2.45) is 11.7 Å². The summed E-state index contributed by atoms with van der Waals surface area (Å²) in [6, 6.07) is 4.51. The number of nitrogens with two attached hydrogens (primary N) is 1. The van der Waals surface area contributed by atoms with E-state index in [1.165, 1.54) is 17.4 Å². The van der Waals surface area contributed by atoms with Crippen LogP contribution in [0.15, 0.2) is 23.1 Å². The Kier molecular flexibility index (Phi) is 8.63. The molecule has 25 heavy (non-hydrogen) atoms. The molecule has 2 atom stereocenters. The molecule has 0 saturated carbocycles. The molecule has 0 fully saturated rings. The fraction of sp³-hybridized carbons (Fsp3) is 0.647. The molecule has 2 unspecified atom stereocenters. The molecule has 0 radical (unpaired) electrons. The highest BCUT2D eigenvalue weighted by Crippen LogP contribution is 2.30. The summed E-state index contributed by atoms with van der Waals surface area (Å²) in [6.45, 7) is 6.50. The molecular weight excluding hydrogens is 364 g/mol. The van der Waals surface area contributed by atoms with Crippen molar-refractivity contribution in [3.63, 3.8) is 0 Å². The number of benzene rings is 1. The molecule has 0 saturated heterocycles. The molecule has 0 heterocycles. The molecule has 0 bridgehead atoms. The van der Waals surface area contributed by atoms with Gasteiger partial charge in [0.05, 0.1) is 6.61 Å². The van der Waals surface area contributed by atoms with Gasteiger partial charge in [0.15, 0.2) is 0 Å². The van der Waals surface area contributed by atoms with Gasteiger partial charge in [-0.25, -0.2) is 12.7 Å². The maximum absolute atomic E-state index is 12.9. The van der Waals surface area contributed by atoms with Crippen LogP contribution in [-0.2, 0) is 14.8 Å². The Hall–Kier alpha value is -0.860. The first-order chi connectivity index (χ1) is 11.6. The van der Waals surface area contributed by atoms with Crippen LogP contribution in [0.5, 0.6) is 5.75 Å². The second-order valence-electron chi connectivity index (χ2n) is 6.50. The van der Waals surface area contributed by atoms with Crippen LogP contribution in [-0.4, -0.2) is 52.2 Å². The number of nitrogens with zero attached hydrogens (tertiary/aromatic N) is 1. The fourth-order valence-electron chi connectivity index (χ4n) is 2.22. The van der Waals surface area contributed by atoms with Gasteiger partial charge in [-0.05, 0) is 37.5 Å². The normalized spacial score (nSPS) is 14.8. The van der Waals surface area contributed by atoms with Gasteiger partial charge < -0.3 is 15.2 Å². The van der Waals surface area contributed by atoms with Gasteiger partial charge in [0, 0.05) is 31.8 Å². The molecule has 0 spiro atoms. The highest BCUT2D eigenvalue weighted by molar-refractivity contribution is 7.89. The van der Waals surface area contributed by atoms with E-state index in [-0.39, 0.29) is 28.7 Å². The minimum Gasteiger partial charge on any atom is -0.487 e. The van der Waals surface area contributed by atoms with Crippen LogP contribution in [0.25, 0.3) is 0 Å².